The third-order valence-corrected chi connectivity index (χ3v) is 8.45. The fraction of sp³-hybridized carbons (Fsp3) is 0.333. The van der Waals surface area contributed by atoms with Gasteiger partial charge in [0.2, 0.25) is 5.79 Å². The highest BCUT2D eigenvalue weighted by Crippen LogP contribution is 2.40. The van der Waals surface area contributed by atoms with Crippen LogP contribution in [0.1, 0.15) is 5.56 Å². The fourth-order valence-electron chi connectivity index (χ4n) is 5.57. The Morgan fingerprint density at radius 2 is 1.82 bits per heavy atom. The number of ether oxygens (including phenoxy) is 3. The van der Waals surface area contributed by atoms with Crippen LogP contribution in [-0.4, -0.2) is 79.1 Å². The molecular weight excluding hydrogens is 615 g/mol. The number of benzene rings is 3. The van der Waals surface area contributed by atoms with Crippen molar-refractivity contribution in [3.05, 3.63) is 107 Å². The first-order valence-corrected chi connectivity index (χ1v) is 15.7. The molecule has 0 bridgehead atoms. The van der Waals surface area contributed by atoms with Crippen LogP contribution in [-0.2, 0) is 21.8 Å². The van der Waals surface area contributed by atoms with Gasteiger partial charge in [0.25, 0.3) is 0 Å². The van der Waals surface area contributed by atoms with E-state index in [1.165, 1.54) is 0 Å². The molecule has 45 heavy (non-hydrogen) atoms. The first-order chi connectivity index (χ1) is 22.0. The van der Waals surface area contributed by atoms with Crippen LogP contribution < -0.4 is 20.3 Å². The van der Waals surface area contributed by atoms with Crippen LogP contribution >= 0.6 is 23.2 Å². The predicted molar refractivity (Wildman–Crippen MR) is 175 cm³/mol. The van der Waals surface area contributed by atoms with Gasteiger partial charge in [0, 0.05) is 73.6 Å². The number of urea groups is 1. The number of aromatic nitrogens is 2. The minimum Gasteiger partial charge on any atom is -0.491 e. The van der Waals surface area contributed by atoms with Gasteiger partial charge in [0.1, 0.15) is 18.5 Å². The number of carbonyl (C=O) groups excluding carboxylic acids is 1. The maximum Gasteiger partial charge on any atom is 0.319 e. The zero-order valence-corrected chi connectivity index (χ0v) is 26.3. The molecule has 2 fully saturated rings. The Morgan fingerprint density at radius 3 is 2.56 bits per heavy atom. The maximum absolute atomic E-state index is 12.1. The van der Waals surface area contributed by atoms with E-state index in [9.17, 15) is 4.79 Å². The first kappa shape index (κ1) is 31.2. The number of rotatable bonds is 11. The summed E-state index contributed by atoms with van der Waals surface area (Å²) in [6.45, 7) is 6.14. The molecule has 0 unspecified atom stereocenters. The molecule has 236 valence electrons. The van der Waals surface area contributed by atoms with E-state index in [2.05, 4.69) is 37.6 Å². The van der Waals surface area contributed by atoms with Crippen molar-refractivity contribution in [2.45, 2.75) is 18.4 Å². The molecule has 0 radical (unpaired) electrons. The number of para-hydroxylation sites is 1. The molecule has 2 amide bonds. The van der Waals surface area contributed by atoms with Gasteiger partial charge < -0.3 is 34.3 Å². The highest BCUT2D eigenvalue weighted by molar-refractivity contribution is 6.35. The zero-order chi connectivity index (χ0) is 31.1. The van der Waals surface area contributed by atoms with Crippen molar-refractivity contribution in [3.8, 4) is 5.75 Å². The van der Waals surface area contributed by atoms with Crippen molar-refractivity contribution >= 4 is 40.6 Å². The second-order valence-corrected chi connectivity index (χ2v) is 11.9. The number of hydrogen-bond donors (Lipinski definition) is 2. The van der Waals surface area contributed by atoms with Crippen LogP contribution in [0.5, 0.6) is 5.75 Å². The van der Waals surface area contributed by atoms with Crippen molar-refractivity contribution < 1.29 is 19.0 Å². The van der Waals surface area contributed by atoms with Crippen molar-refractivity contribution in [2.75, 3.05) is 62.7 Å². The summed E-state index contributed by atoms with van der Waals surface area (Å²) in [5, 5.41) is 6.80. The number of piperazine rings is 1. The molecule has 6 rings (SSSR count). The highest BCUT2D eigenvalue weighted by Gasteiger charge is 2.45. The Morgan fingerprint density at radius 1 is 1.02 bits per heavy atom. The van der Waals surface area contributed by atoms with Crippen LogP contribution in [0.25, 0.3) is 0 Å². The predicted octanol–water partition coefficient (Wildman–Crippen LogP) is 5.48. The van der Waals surface area contributed by atoms with Crippen LogP contribution in [0.4, 0.5) is 16.2 Å². The number of nitrogens with zero attached hydrogens (tertiary/aromatic N) is 4. The van der Waals surface area contributed by atoms with Crippen molar-refractivity contribution in [1.82, 2.24) is 19.8 Å². The SMILES string of the molecule is O=C(NCCN1CCN(c2ccc(OC[C@@H]3CO[C@@](Cn4ccnc4)(c4ccc(Cl)cc4Cl)O3)cc2)CC1)Nc1ccccc1. The lowest BCUT2D eigenvalue weighted by Crippen LogP contribution is -2.48. The third kappa shape index (κ3) is 8.08. The Hall–Kier alpha value is -3.80. The molecule has 0 spiro atoms. The van der Waals surface area contributed by atoms with Crippen LogP contribution in [0.15, 0.2) is 91.5 Å². The molecule has 4 aromatic rings. The Labute approximate surface area is 272 Å². The fourth-order valence-corrected chi connectivity index (χ4v) is 6.12. The molecule has 3 aromatic carbocycles. The van der Waals surface area contributed by atoms with E-state index >= 15 is 0 Å². The average Bonchev–Trinajstić information content (AvgIpc) is 3.72. The number of hydrogen-bond acceptors (Lipinski definition) is 7. The molecular formula is C33H36Cl2N6O4. The van der Waals surface area contributed by atoms with E-state index in [-0.39, 0.29) is 12.1 Å². The van der Waals surface area contributed by atoms with Gasteiger partial charge in [-0.2, -0.15) is 0 Å². The summed E-state index contributed by atoms with van der Waals surface area (Å²) in [7, 11) is 0. The van der Waals surface area contributed by atoms with Crippen molar-refractivity contribution in [3.63, 3.8) is 0 Å². The van der Waals surface area contributed by atoms with Gasteiger partial charge in [-0.3, -0.25) is 4.90 Å². The summed E-state index contributed by atoms with van der Waals surface area (Å²) in [5.41, 5.74) is 2.64. The second kappa shape index (κ2) is 14.5. The molecule has 0 aliphatic carbocycles. The summed E-state index contributed by atoms with van der Waals surface area (Å²) < 4.78 is 20.8. The lowest BCUT2D eigenvalue weighted by Gasteiger charge is -2.36. The van der Waals surface area contributed by atoms with E-state index in [0.717, 1.165) is 49.8 Å². The molecule has 1 aromatic heterocycles. The van der Waals surface area contributed by atoms with Gasteiger partial charge in [-0.15, -0.1) is 0 Å². The highest BCUT2D eigenvalue weighted by atomic mass is 35.5. The number of nitrogens with one attached hydrogen (secondary N) is 2. The number of halogens is 2. The van der Waals surface area contributed by atoms with Gasteiger partial charge in [-0.1, -0.05) is 47.5 Å². The number of imidazole rings is 1. The van der Waals surface area contributed by atoms with Gasteiger partial charge in [-0.25, -0.2) is 9.78 Å². The van der Waals surface area contributed by atoms with E-state index in [4.69, 9.17) is 37.4 Å². The molecule has 2 saturated heterocycles. The molecule has 2 N–H and O–H groups in total. The minimum atomic E-state index is -1.09. The summed E-state index contributed by atoms with van der Waals surface area (Å²) in [6, 6.07) is 22.7. The molecule has 0 saturated carbocycles. The third-order valence-electron chi connectivity index (χ3n) is 7.91. The van der Waals surface area contributed by atoms with Gasteiger partial charge >= 0.3 is 6.03 Å². The number of carbonyl (C=O) groups is 1. The smallest absolute Gasteiger partial charge is 0.319 e. The number of amides is 2. The topological polar surface area (TPSA) is 93.1 Å². The summed E-state index contributed by atoms with van der Waals surface area (Å²) in [6.07, 6.45) is 4.99. The quantitative estimate of drug-likeness (QED) is 0.222. The molecule has 2 atom stereocenters. The Balaban J connectivity index is 0.955. The molecule has 2 aliphatic rings. The Kier molecular flexibility index (Phi) is 10.1. The van der Waals surface area contributed by atoms with Gasteiger partial charge in [0.05, 0.1) is 24.5 Å². The molecule has 2 aliphatic heterocycles. The van der Waals surface area contributed by atoms with Crippen LogP contribution in [0.2, 0.25) is 10.0 Å². The van der Waals surface area contributed by atoms with E-state index in [1.807, 2.05) is 59.3 Å². The van der Waals surface area contributed by atoms with Gasteiger partial charge in [0.15, 0.2) is 0 Å². The number of anilines is 2. The van der Waals surface area contributed by atoms with E-state index < -0.39 is 5.79 Å². The standard InChI is InChI=1S/C33H36Cl2N6O4/c34-25-6-11-30(31(35)20-25)33(23-40-14-12-36-24-40)44-22-29(45-33)21-43-28-9-7-27(8-10-28)41-18-16-39(17-19-41)15-13-37-32(42)38-26-4-2-1-3-5-26/h1-12,14,20,24,29H,13,15-19,21-23H2,(H2,37,38,42)/t29-,33-/m1/s1. The van der Waals surface area contributed by atoms with Gasteiger partial charge in [-0.05, 0) is 48.5 Å². The largest absolute Gasteiger partial charge is 0.491 e. The molecule has 3 heterocycles. The molecule has 10 nitrogen and oxygen atoms in total. The lowest BCUT2D eigenvalue weighted by molar-refractivity contribution is -0.189. The van der Waals surface area contributed by atoms with Crippen molar-refractivity contribution in [1.29, 1.82) is 0 Å². The normalized spacial score (nSPS) is 20.2. The van der Waals surface area contributed by atoms with E-state index in [1.54, 1.807) is 24.7 Å². The van der Waals surface area contributed by atoms with Crippen molar-refractivity contribution in [2.24, 2.45) is 0 Å². The summed E-state index contributed by atoms with van der Waals surface area (Å²) in [4.78, 5) is 21.0. The zero-order valence-electron chi connectivity index (χ0n) is 24.8. The minimum absolute atomic E-state index is 0.186. The van der Waals surface area contributed by atoms with Crippen LogP contribution in [0.3, 0.4) is 0 Å². The molecule has 12 heteroatoms. The van der Waals surface area contributed by atoms with Crippen LogP contribution in [0, 0.1) is 0 Å². The second-order valence-electron chi connectivity index (χ2n) is 11.0. The summed E-state index contributed by atoms with van der Waals surface area (Å²) in [5.74, 6) is -0.329. The first-order valence-electron chi connectivity index (χ1n) is 15.0. The lowest BCUT2D eigenvalue weighted by atomic mass is 10.1. The Bertz CT molecular complexity index is 1530. The summed E-state index contributed by atoms with van der Waals surface area (Å²) >= 11 is 12.7. The van der Waals surface area contributed by atoms with E-state index in [0.29, 0.717) is 41.9 Å². The maximum atomic E-state index is 12.1. The average molecular weight is 652 g/mol. The monoisotopic (exact) mass is 650 g/mol.